The fraction of sp³-hybridized carbons (Fsp3) is 0.867. The van der Waals surface area contributed by atoms with Gasteiger partial charge in [-0.1, -0.05) is 34.6 Å². The summed E-state index contributed by atoms with van der Waals surface area (Å²) in [5.74, 6) is -0.985. The number of carboxylic acid groups (broad SMARTS) is 1. The van der Waals surface area contributed by atoms with E-state index in [9.17, 15) is 14.7 Å². The average molecular weight is 284 g/mol. The van der Waals surface area contributed by atoms with E-state index in [-0.39, 0.29) is 11.4 Å². The third-order valence-corrected chi connectivity index (χ3v) is 4.01. The highest BCUT2D eigenvalue weighted by atomic mass is 16.4. The lowest BCUT2D eigenvalue weighted by Crippen LogP contribution is -2.53. The third-order valence-electron chi connectivity index (χ3n) is 4.01. The molecule has 0 radical (unpaired) electrons. The maximum absolute atomic E-state index is 12.3. The summed E-state index contributed by atoms with van der Waals surface area (Å²) in [6.45, 7) is 11.3. The normalized spacial score (nSPS) is 20.9. The second kappa shape index (κ2) is 6.02. The second-order valence-corrected chi connectivity index (χ2v) is 7.59. The monoisotopic (exact) mass is 284 g/mol. The first-order valence-corrected chi connectivity index (χ1v) is 7.31. The molecule has 0 aromatic carbocycles. The molecule has 2 N–H and O–H groups in total. The Labute approximate surface area is 121 Å². The lowest BCUT2D eigenvalue weighted by molar-refractivity contribution is -0.142. The number of aliphatic carboxylic acids is 1. The number of rotatable bonds is 2. The Bertz CT molecular complexity index is 372. The quantitative estimate of drug-likeness (QED) is 0.819. The molecule has 0 unspecified atom stereocenters. The van der Waals surface area contributed by atoms with Gasteiger partial charge in [0.2, 0.25) is 0 Å². The number of hydrogen-bond donors (Lipinski definition) is 2. The van der Waals surface area contributed by atoms with E-state index in [1.165, 1.54) is 0 Å². The van der Waals surface area contributed by atoms with E-state index >= 15 is 0 Å². The lowest BCUT2D eigenvalue weighted by Gasteiger charge is -2.31. The first-order chi connectivity index (χ1) is 9.03. The van der Waals surface area contributed by atoms with Gasteiger partial charge in [-0.05, 0) is 30.1 Å². The molecule has 0 aromatic rings. The predicted octanol–water partition coefficient (Wildman–Crippen LogP) is 2.71. The zero-order chi connectivity index (χ0) is 15.6. The van der Waals surface area contributed by atoms with E-state index in [2.05, 4.69) is 19.2 Å². The minimum absolute atomic E-state index is 0.255. The topological polar surface area (TPSA) is 69.6 Å². The minimum Gasteiger partial charge on any atom is -0.480 e. The van der Waals surface area contributed by atoms with E-state index in [0.717, 1.165) is 19.3 Å². The minimum atomic E-state index is -0.985. The SMILES string of the molecule is CC1(C)CCCN(C(=O)N[C@H](C(=O)O)C(C)(C)C)CC1. The van der Waals surface area contributed by atoms with Gasteiger partial charge in [0, 0.05) is 13.1 Å². The van der Waals surface area contributed by atoms with Gasteiger partial charge in [0.15, 0.2) is 0 Å². The van der Waals surface area contributed by atoms with E-state index in [4.69, 9.17) is 0 Å². The van der Waals surface area contributed by atoms with E-state index in [0.29, 0.717) is 13.1 Å². The smallest absolute Gasteiger partial charge is 0.326 e. The first-order valence-electron chi connectivity index (χ1n) is 7.31. The van der Waals surface area contributed by atoms with Crippen LogP contribution in [0.5, 0.6) is 0 Å². The zero-order valence-corrected chi connectivity index (χ0v) is 13.3. The number of amides is 2. The highest BCUT2D eigenvalue weighted by Crippen LogP contribution is 2.30. The van der Waals surface area contributed by atoms with Gasteiger partial charge in [0.25, 0.3) is 0 Å². The van der Waals surface area contributed by atoms with Crippen molar-refractivity contribution >= 4 is 12.0 Å². The molecule has 1 atom stereocenters. The maximum Gasteiger partial charge on any atom is 0.326 e. The molecule has 0 aromatic heterocycles. The maximum atomic E-state index is 12.3. The molecule has 20 heavy (non-hydrogen) atoms. The summed E-state index contributed by atoms with van der Waals surface area (Å²) in [5, 5.41) is 11.9. The zero-order valence-electron chi connectivity index (χ0n) is 13.3. The van der Waals surface area contributed by atoms with Gasteiger partial charge in [-0.25, -0.2) is 9.59 Å². The lowest BCUT2D eigenvalue weighted by atomic mass is 9.85. The van der Waals surface area contributed by atoms with Crippen molar-refractivity contribution in [2.45, 2.75) is 59.9 Å². The van der Waals surface area contributed by atoms with Crippen LogP contribution in [0.15, 0.2) is 0 Å². The van der Waals surface area contributed by atoms with Crippen LogP contribution in [0, 0.1) is 10.8 Å². The molecular weight excluding hydrogens is 256 g/mol. The Kier molecular flexibility index (Phi) is 5.05. The number of carbonyl (C=O) groups is 2. The highest BCUT2D eigenvalue weighted by Gasteiger charge is 2.34. The standard InChI is InChI=1S/C15H28N2O3/c1-14(2,3)11(12(18)19)16-13(20)17-9-6-7-15(4,5)8-10-17/h11H,6-10H2,1-5H3,(H,16,20)(H,18,19)/t11-/m1/s1. The Balaban J connectivity index is 2.68. The Morgan fingerprint density at radius 3 is 2.30 bits per heavy atom. The van der Waals surface area contributed by atoms with Gasteiger partial charge >= 0.3 is 12.0 Å². The van der Waals surface area contributed by atoms with Crippen LogP contribution in [-0.4, -0.2) is 41.1 Å². The van der Waals surface area contributed by atoms with Crippen LogP contribution in [0.25, 0.3) is 0 Å². The number of carboxylic acids is 1. The van der Waals surface area contributed by atoms with Gasteiger partial charge in [0.1, 0.15) is 6.04 Å². The van der Waals surface area contributed by atoms with Crippen LogP contribution in [0.2, 0.25) is 0 Å². The van der Waals surface area contributed by atoms with E-state index in [1.807, 2.05) is 20.8 Å². The molecule has 116 valence electrons. The van der Waals surface area contributed by atoms with Crippen molar-refractivity contribution in [3.63, 3.8) is 0 Å². The van der Waals surface area contributed by atoms with Gasteiger partial charge in [-0.2, -0.15) is 0 Å². The van der Waals surface area contributed by atoms with Crippen LogP contribution < -0.4 is 5.32 Å². The number of nitrogens with one attached hydrogen (secondary N) is 1. The molecule has 1 aliphatic heterocycles. The fourth-order valence-corrected chi connectivity index (χ4v) is 2.49. The van der Waals surface area contributed by atoms with E-state index in [1.54, 1.807) is 4.90 Å². The van der Waals surface area contributed by atoms with Crippen molar-refractivity contribution in [2.75, 3.05) is 13.1 Å². The van der Waals surface area contributed by atoms with Crippen molar-refractivity contribution in [1.82, 2.24) is 10.2 Å². The Hall–Kier alpha value is -1.26. The van der Waals surface area contributed by atoms with Crippen LogP contribution in [0.1, 0.15) is 53.9 Å². The van der Waals surface area contributed by atoms with Gasteiger partial charge in [0.05, 0.1) is 0 Å². The molecule has 0 aliphatic carbocycles. The molecule has 1 heterocycles. The van der Waals surface area contributed by atoms with Crippen LogP contribution in [-0.2, 0) is 4.79 Å². The fourth-order valence-electron chi connectivity index (χ4n) is 2.49. The number of likely N-dealkylation sites (tertiary alicyclic amines) is 1. The summed E-state index contributed by atoms with van der Waals surface area (Å²) in [4.78, 5) is 25.3. The predicted molar refractivity (Wildman–Crippen MR) is 78.6 cm³/mol. The second-order valence-electron chi connectivity index (χ2n) is 7.59. The molecule has 1 aliphatic rings. The van der Waals surface area contributed by atoms with Gasteiger partial charge in [-0.15, -0.1) is 0 Å². The first kappa shape index (κ1) is 16.8. The molecule has 0 spiro atoms. The molecule has 0 bridgehead atoms. The number of carbonyl (C=O) groups excluding carboxylic acids is 1. The molecule has 1 fully saturated rings. The molecule has 5 heteroatoms. The number of nitrogens with zero attached hydrogens (tertiary/aromatic N) is 1. The largest absolute Gasteiger partial charge is 0.480 e. The molecule has 2 amide bonds. The molecule has 0 saturated carbocycles. The highest BCUT2D eigenvalue weighted by molar-refractivity contribution is 5.83. The van der Waals surface area contributed by atoms with Crippen LogP contribution >= 0.6 is 0 Å². The van der Waals surface area contributed by atoms with Crippen molar-refractivity contribution in [3.8, 4) is 0 Å². The molecule has 1 saturated heterocycles. The van der Waals surface area contributed by atoms with Crippen LogP contribution in [0.4, 0.5) is 4.79 Å². The van der Waals surface area contributed by atoms with Crippen molar-refractivity contribution in [1.29, 1.82) is 0 Å². The number of urea groups is 1. The summed E-state index contributed by atoms with van der Waals surface area (Å²) in [6, 6.07) is -1.13. The molecular formula is C15H28N2O3. The molecule has 5 nitrogen and oxygen atoms in total. The number of hydrogen-bond acceptors (Lipinski definition) is 2. The van der Waals surface area contributed by atoms with Gasteiger partial charge in [-0.3, -0.25) is 0 Å². The summed E-state index contributed by atoms with van der Waals surface area (Å²) in [5.41, 5.74) is -0.252. The van der Waals surface area contributed by atoms with Crippen LogP contribution in [0.3, 0.4) is 0 Å². The molecule has 1 rings (SSSR count). The average Bonchev–Trinajstić information content (AvgIpc) is 2.44. The van der Waals surface area contributed by atoms with Gasteiger partial charge < -0.3 is 15.3 Å². The summed E-state index contributed by atoms with van der Waals surface area (Å²) in [7, 11) is 0. The van der Waals surface area contributed by atoms with Crippen molar-refractivity contribution in [2.24, 2.45) is 10.8 Å². The van der Waals surface area contributed by atoms with Crippen molar-refractivity contribution < 1.29 is 14.7 Å². The Morgan fingerprint density at radius 2 is 1.80 bits per heavy atom. The summed E-state index contributed by atoms with van der Waals surface area (Å²) >= 11 is 0. The third kappa shape index (κ3) is 4.69. The van der Waals surface area contributed by atoms with E-state index < -0.39 is 17.4 Å². The summed E-state index contributed by atoms with van der Waals surface area (Å²) in [6.07, 6.45) is 3.01. The van der Waals surface area contributed by atoms with Crippen molar-refractivity contribution in [3.05, 3.63) is 0 Å². The Morgan fingerprint density at radius 1 is 1.20 bits per heavy atom. The summed E-state index contributed by atoms with van der Waals surface area (Å²) < 4.78 is 0.